The van der Waals surface area contributed by atoms with Gasteiger partial charge in [0.25, 0.3) is 5.56 Å². The van der Waals surface area contributed by atoms with Gasteiger partial charge in [-0.05, 0) is 50.2 Å². The van der Waals surface area contributed by atoms with Gasteiger partial charge in [-0.2, -0.15) is 0 Å². The van der Waals surface area contributed by atoms with Crippen molar-refractivity contribution in [3.63, 3.8) is 0 Å². The molecule has 0 atom stereocenters. The van der Waals surface area contributed by atoms with Crippen LogP contribution in [0.25, 0.3) is 0 Å². The van der Waals surface area contributed by atoms with Crippen LogP contribution < -0.4 is 16.2 Å². The van der Waals surface area contributed by atoms with Gasteiger partial charge in [0.1, 0.15) is 17.2 Å². The first-order valence-electron chi connectivity index (χ1n) is 8.06. The summed E-state index contributed by atoms with van der Waals surface area (Å²) in [4.78, 5) is 16.8. The zero-order valence-corrected chi connectivity index (χ0v) is 13.6. The quantitative estimate of drug-likeness (QED) is 0.611. The molecule has 2 heterocycles. The molecule has 1 aromatic carbocycles. The van der Waals surface area contributed by atoms with Crippen molar-refractivity contribution < 1.29 is 9.50 Å². The predicted molar refractivity (Wildman–Crippen MR) is 93.1 cm³/mol. The Morgan fingerprint density at radius 1 is 1.36 bits per heavy atom. The zero-order chi connectivity index (χ0) is 17.9. The van der Waals surface area contributed by atoms with Crippen LogP contribution in [0.5, 0.6) is 0 Å². The molecule has 0 amide bonds. The molecule has 0 unspecified atom stereocenters. The lowest BCUT2D eigenvalue weighted by molar-refractivity contribution is -0.00640. The number of aliphatic hydroxyl groups is 1. The molecule has 1 saturated heterocycles. The van der Waals surface area contributed by atoms with Crippen LogP contribution in [0.1, 0.15) is 18.4 Å². The maximum absolute atomic E-state index is 13.0. The van der Waals surface area contributed by atoms with Gasteiger partial charge in [0, 0.05) is 11.9 Å². The molecule has 0 aliphatic carbocycles. The number of aromatic nitrogens is 2. The summed E-state index contributed by atoms with van der Waals surface area (Å²) in [6.07, 6.45) is 3.40. The van der Waals surface area contributed by atoms with E-state index in [0.29, 0.717) is 31.6 Å². The van der Waals surface area contributed by atoms with E-state index in [-0.39, 0.29) is 23.7 Å². The second-order valence-corrected chi connectivity index (χ2v) is 6.19. The molecule has 1 aromatic heterocycles. The second kappa shape index (κ2) is 7.12. The summed E-state index contributed by atoms with van der Waals surface area (Å²) in [5.74, 6) is -0.142. The third-order valence-electron chi connectivity index (χ3n) is 4.32. The molecular formula is C17H20FN5O2. The number of hydrogen-bond acceptors (Lipinski definition) is 6. The number of nitrogens with one attached hydrogen (secondary N) is 3. The average Bonchev–Trinajstić information content (AvgIpc) is 2.60. The van der Waals surface area contributed by atoms with Crippen LogP contribution in [0.15, 0.2) is 35.4 Å². The summed E-state index contributed by atoms with van der Waals surface area (Å²) >= 11 is 0. The van der Waals surface area contributed by atoms with Crippen molar-refractivity contribution in [2.45, 2.75) is 25.0 Å². The summed E-state index contributed by atoms with van der Waals surface area (Å²) in [5.41, 5.74) is -0.709. The summed E-state index contributed by atoms with van der Waals surface area (Å²) in [5, 5.41) is 24.2. The maximum atomic E-state index is 13.0. The van der Waals surface area contributed by atoms with Crippen LogP contribution in [-0.2, 0) is 6.54 Å². The topological polar surface area (TPSA) is 103 Å². The fourth-order valence-corrected chi connectivity index (χ4v) is 2.89. The Balaban J connectivity index is 1.87. The van der Waals surface area contributed by atoms with Gasteiger partial charge in [0.15, 0.2) is 0 Å². The number of nitrogens with zero attached hydrogens (tertiary/aromatic N) is 2. The Kier molecular flexibility index (Phi) is 4.91. The van der Waals surface area contributed by atoms with E-state index < -0.39 is 11.2 Å². The van der Waals surface area contributed by atoms with Gasteiger partial charge >= 0.3 is 0 Å². The van der Waals surface area contributed by atoms with Crippen LogP contribution in [0.3, 0.4) is 0 Å². The van der Waals surface area contributed by atoms with Gasteiger partial charge in [-0.3, -0.25) is 9.36 Å². The smallest absolute Gasteiger partial charge is 0.264 e. The van der Waals surface area contributed by atoms with E-state index in [0.717, 1.165) is 6.21 Å². The third-order valence-corrected chi connectivity index (χ3v) is 4.32. The van der Waals surface area contributed by atoms with Crippen LogP contribution in [0.2, 0.25) is 0 Å². The van der Waals surface area contributed by atoms with Gasteiger partial charge in [-0.25, -0.2) is 9.37 Å². The molecule has 8 heteroatoms. The number of hydrogen-bond donors (Lipinski definition) is 4. The highest BCUT2D eigenvalue weighted by Gasteiger charge is 2.30. The van der Waals surface area contributed by atoms with E-state index in [1.54, 1.807) is 0 Å². The van der Waals surface area contributed by atoms with E-state index >= 15 is 0 Å². The molecule has 1 aliphatic rings. The van der Waals surface area contributed by atoms with Crippen LogP contribution >= 0.6 is 0 Å². The molecule has 25 heavy (non-hydrogen) atoms. The number of rotatable bonds is 5. The van der Waals surface area contributed by atoms with E-state index in [9.17, 15) is 14.3 Å². The fraction of sp³-hybridized carbons (Fsp3) is 0.353. The number of benzene rings is 1. The van der Waals surface area contributed by atoms with E-state index in [4.69, 9.17) is 5.41 Å². The molecule has 0 bridgehead atoms. The molecule has 3 rings (SSSR count). The highest BCUT2D eigenvalue weighted by Crippen LogP contribution is 2.20. The van der Waals surface area contributed by atoms with Crippen molar-refractivity contribution >= 4 is 17.7 Å². The Morgan fingerprint density at radius 2 is 2.04 bits per heavy atom. The molecule has 1 fully saturated rings. The van der Waals surface area contributed by atoms with E-state index in [1.807, 2.05) is 0 Å². The molecule has 0 spiro atoms. The Labute approximate surface area is 144 Å². The SMILES string of the molecule is N=Cc1c(Nc2ccc(F)cc2)ncn(CC2(O)CCNCC2)c1=O. The molecule has 7 nitrogen and oxygen atoms in total. The van der Waals surface area contributed by atoms with Gasteiger partial charge in [0.2, 0.25) is 0 Å². The van der Waals surface area contributed by atoms with Crippen molar-refractivity contribution in [3.8, 4) is 0 Å². The number of halogens is 1. The number of piperidine rings is 1. The monoisotopic (exact) mass is 345 g/mol. The van der Waals surface area contributed by atoms with Gasteiger partial charge < -0.3 is 21.1 Å². The maximum Gasteiger partial charge on any atom is 0.264 e. The summed E-state index contributed by atoms with van der Waals surface area (Å²) in [6.45, 7) is 1.53. The van der Waals surface area contributed by atoms with Crippen LogP contribution in [0, 0.1) is 11.2 Å². The molecule has 1 aliphatic heterocycles. The molecule has 4 N–H and O–H groups in total. The molecule has 2 aromatic rings. The van der Waals surface area contributed by atoms with Crippen molar-refractivity contribution in [1.82, 2.24) is 14.9 Å². The van der Waals surface area contributed by atoms with Gasteiger partial charge in [-0.1, -0.05) is 0 Å². The van der Waals surface area contributed by atoms with Crippen molar-refractivity contribution in [2.24, 2.45) is 0 Å². The Morgan fingerprint density at radius 3 is 2.68 bits per heavy atom. The molecule has 132 valence electrons. The van der Waals surface area contributed by atoms with Crippen molar-refractivity contribution in [1.29, 1.82) is 5.41 Å². The van der Waals surface area contributed by atoms with E-state index in [2.05, 4.69) is 15.6 Å². The van der Waals surface area contributed by atoms with Gasteiger partial charge in [-0.15, -0.1) is 0 Å². The lowest BCUT2D eigenvalue weighted by atomic mass is 9.92. The lowest BCUT2D eigenvalue weighted by Gasteiger charge is -2.32. The van der Waals surface area contributed by atoms with Gasteiger partial charge in [0.05, 0.1) is 18.5 Å². The summed E-state index contributed by atoms with van der Waals surface area (Å²) in [7, 11) is 0. The first-order valence-corrected chi connectivity index (χ1v) is 8.06. The van der Waals surface area contributed by atoms with Crippen molar-refractivity contribution in [2.75, 3.05) is 18.4 Å². The molecular weight excluding hydrogens is 325 g/mol. The normalized spacial score (nSPS) is 16.4. The Bertz CT molecular complexity index is 813. The van der Waals surface area contributed by atoms with E-state index in [1.165, 1.54) is 35.2 Å². The highest BCUT2D eigenvalue weighted by molar-refractivity contribution is 5.84. The summed E-state index contributed by atoms with van der Waals surface area (Å²) in [6, 6.07) is 5.63. The van der Waals surface area contributed by atoms with Crippen LogP contribution in [0.4, 0.5) is 15.9 Å². The number of anilines is 2. The second-order valence-electron chi connectivity index (χ2n) is 6.19. The van der Waals surface area contributed by atoms with Crippen molar-refractivity contribution in [3.05, 3.63) is 52.3 Å². The minimum Gasteiger partial charge on any atom is -0.388 e. The molecule has 0 saturated carbocycles. The minimum atomic E-state index is -0.956. The average molecular weight is 345 g/mol. The largest absolute Gasteiger partial charge is 0.388 e. The standard InChI is InChI=1S/C17H20FN5O2/c18-12-1-3-13(4-2-12)22-15-14(9-19)16(24)23(11-21-15)10-17(25)5-7-20-8-6-17/h1-4,9,11,19-20,22,25H,5-8,10H2. The summed E-state index contributed by atoms with van der Waals surface area (Å²) < 4.78 is 14.3. The first kappa shape index (κ1) is 17.2. The Hall–Kier alpha value is -2.58. The first-order chi connectivity index (χ1) is 12.0. The highest BCUT2D eigenvalue weighted by atomic mass is 19.1. The van der Waals surface area contributed by atoms with Crippen LogP contribution in [-0.4, -0.2) is 39.6 Å². The lowest BCUT2D eigenvalue weighted by Crippen LogP contribution is -2.46. The predicted octanol–water partition coefficient (Wildman–Crippen LogP) is 1.24. The zero-order valence-electron chi connectivity index (χ0n) is 13.6. The fourth-order valence-electron chi connectivity index (χ4n) is 2.89. The molecule has 0 radical (unpaired) electrons. The minimum absolute atomic E-state index is 0.0874. The third kappa shape index (κ3) is 3.92.